The second kappa shape index (κ2) is 8.73. The SMILES string of the molecule is Cc1cnn(-c2ccc(C(=O)NCc3ccc(C(=O)N(C)C(C)C)cc3)cc2)c1. The van der Waals surface area contributed by atoms with Gasteiger partial charge in [-0.3, -0.25) is 9.59 Å². The number of amides is 2. The van der Waals surface area contributed by atoms with Crippen LogP contribution in [0.15, 0.2) is 60.9 Å². The van der Waals surface area contributed by atoms with Crippen LogP contribution in [-0.2, 0) is 6.54 Å². The van der Waals surface area contributed by atoms with E-state index >= 15 is 0 Å². The molecule has 6 nitrogen and oxygen atoms in total. The van der Waals surface area contributed by atoms with Crippen LogP contribution in [0.5, 0.6) is 0 Å². The molecule has 0 atom stereocenters. The second-order valence-corrected chi connectivity index (χ2v) is 7.40. The smallest absolute Gasteiger partial charge is 0.253 e. The minimum atomic E-state index is -0.145. The van der Waals surface area contributed by atoms with E-state index in [1.807, 2.05) is 51.2 Å². The highest BCUT2D eigenvalue weighted by atomic mass is 16.2. The molecule has 6 heteroatoms. The molecular formula is C23H26N4O2. The quantitative estimate of drug-likeness (QED) is 0.699. The molecule has 0 spiro atoms. The molecule has 1 N–H and O–H groups in total. The number of nitrogens with zero attached hydrogens (tertiary/aromatic N) is 3. The Kier molecular flexibility index (Phi) is 6.12. The molecule has 2 aromatic carbocycles. The largest absolute Gasteiger partial charge is 0.348 e. The van der Waals surface area contributed by atoms with E-state index in [-0.39, 0.29) is 17.9 Å². The maximum atomic E-state index is 12.4. The maximum Gasteiger partial charge on any atom is 0.253 e. The Bertz CT molecular complexity index is 988. The summed E-state index contributed by atoms with van der Waals surface area (Å²) < 4.78 is 1.77. The normalized spacial score (nSPS) is 10.8. The molecule has 1 aromatic heterocycles. The molecule has 0 aliphatic heterocycles. The molecule has 0 unspecified atom stereocenters. The summed E-state index contributed by atoms with van der Waals surface area (Å²) in [4.78, 5) is 26.4. The third-order valence-corrected chi connectivity index (χ3v) is 4.85. The molecule has 29 heavy (non-hydrogen) atoms. The van der Waals surface area contributed by atoms with Crippen molar-refractivity contribution in [1.29, 1.82) is 0 Å². The summed E-state index contributed by atoms with van der Waals surface area (Å²) in [6.45, 7) is 6.33. The first-order valence-electron chi connectivity index (χ1n) is 9.61. The van der Waals surface area contributed by atoms with Crippen molar-refractivity contribution >= 4 is 11.8 Å². The average molecular weight is 390 g/mol. The van der Waals surface area contributed by atoms with Crippen molar-refractivity contribution in [1.82, 2.24) is 20.0 Å². The first-order valence-corrected chi connectivity index (χ1v) is 9.61. The van der Waals surface area contributed by atoms with E-state index in [1.165, 1.54) is 0 Å². The summed E-state index contributed by atoms with van der Waals surface area (Å²) in [5.41, 5.74) is 4.14. The number of carbonyl (C=O) groups excluding carboxylic acids is 2. The van der Waals surface area contributed by atoms with Gasteiger partial charge < -0.3 is 10.2 Å². The fraction of sp³-hybridized carbons (Fsp3) is 0.261. The van der Waals surface area contributed by atoms with Gasteiger partial charge in [-0.2, -0.15) is 5.10 Å². The molecule has 0 radical (unpaired) electrons. The van der Waals surface area contributed by atoms with Gasteiger partial charge in [0.25, 0.3) is 11.8 Å². The maximum absolute atomic E-state index is 12.4. The van der Waals surface area contributed by atoms with E-state index in [0.717, 1.165) is 16.8 Å². The van der Waals surface area contributed by atoms with Gasteiger partial charge in [0.2, 0.25) is 0 Å². The lowest BCUT2D eigenvalue weighted by Gasteiger charge is -2.21. The van der Waals surface area contributed by atoms with Crippen LogP contribution >= 0.6 is 0 Å². The second-order valence-electron chi connectivity index (χ2n) is 7.40. The van der Waals surface area contributed by atoms with Crippen LogP contribution < -0.4 is 5.32 Å². The third kappa shape index (κ3) is 4.90. The summed E-state index contributed by atoms with van der Waals surface area (Å²) in [5, 5.41) is 7.18. The van der Waals surface area contributed by atoms with Gasteiger partial charge in [0, 0.05) is 37.0 Å². The van der Waals surface area contributed by atoms with Crippen LogP contribution in [-0.4, -0.2) is 39.6 Å². The summed E-state index contributed by atoms with van der Waals surface area (Å²) in [6.07, 6.45) is 3.72. The standard InChI is InChI=1S/C23H26N4O2/c1-16(2)26(4)23(29)20-7-5-18(6-8-20)14-24-22(28)19-9-11-21(12-10-19)27-15-17(3)13-25-27/h5-13,15-16H,14H2,1-4H3,(H,24,28). The highest BCUT2D eigenvalue weighted by Gasteiger charge is 2.14. The van der Waals surface area contributed by atoms with Crippen molar-refractivity contribution in [3.8, 4) is 5.69 Å². The average Bonchev–Trinajstić information content (AvgIpc) is 3.17. The molecule has 0 saturated carbocycles. The van der Waals surface area contributed by atoms with Crippen LogP contribution in [0.1, 0.15) is 45.7 Å². The fourth-order valence-corrected chi connectivity index (χ4v) is 2.81. The van der Waals surface area contributed by atoms with E-state index in [9.17, 15) is 9.59 Å². The molecule has 1 heterocycles. The van der Waals surface area contributed by atoms with Crippen LogP contribution in [0, 0.1) is 6.92 Å². The number of nitrogens with one attached hydrogen (secondary N) is 1. The Labute approximate surface area is 171 Å². The van der Waals surface area contributed by atoms with Crippen molar-refractivity contribution in [2.24, 2.45) is 0 Å². The molecule has 3 aromatic rings. The number of rotatable bonds is 6. The molecular weight excluding hydrogens is 364 g/mol. The topological polar surface area (TPSA) is 67.2 Å². The Balaban J connectivity index is 1.58. The molecule has 0 saturated heterocycles. The molecule has 3 rings (SSSR count). The molecule has 0 fully saturated rings. The summed E-state index contributed by atoms with van der Waals surface area (Å²) in [6, 6.07) is 14.8. The van der Waals surface area contributed by atoms with Gasteiger partial charge in [-0.15, -0.1) is 0 Å². The zero-order chi connectivity index (χ0) is 21.0. The van der Waals surface area contributed by atoms with E-state index < -0.39 is 0 Å². The van der Waals surface area contributed by atoms with Gasteiger partial charge >= 0.3 is 0 Å². The third-order valence-electron chi connectivity index (χ3n) is 4.85. The number of benzene rings is 2. The highest BCUT2D eigenvalue weighted by Crippen LogP contribution is 2.11. The van der Waals surface area contributed by atoms with E-state index in [4.69, 9.17) is 0 Å². The Hall–Kier alpha value is -3.41. The fourth-order valence-electron chi connectivity index (χ4n) is 2.81. The summed E-state index contributed by atoms with van der Waals surface area (Å²) >= 11 is 0. The van der Waals surface area contributed by atoms with Crippen LogP contribution in [0.2, 0.25) is 0 Å². The number of hydrogen-bond acceptors (Lipinski definition) is 3. The first kappa shape index (κ1) is 20.3. The lowest BCUT2D eigenvalue weighted by Crippen LogP contribution is -2.32. The van der Waals surface area contributed by atoms with Gasteiger partial charge in [-0.25, -0.2) is 4.68 Å². The molecule has 0 aliphatic carbocycles. The van der Waals surface area contributed by atoms with Crippen molar-refractivity contribution in [3.63, 3.8) is 0 Å². The van der Waals surface area contributed by atoms with Crippen molar-refractivity contribution < 1.29 is 9.59 Å². The van der Waals surface area contributed by atoms with Crippen molar-refractivity contribution in [2.45, 2.75) is 33.4 Å². The predicted octanol–water partition coefficient (Wildman–Crippen LogP) is 3.59. The number of hydrogen-bond donors (Lipinski definition) is 1. The Morgan fingerprint density at radius 1 is 1.03 bits per heavy atom. The van der Waals surface area contributed by atoms with Gasteiger partial charge in [0.15, 0.2) is 0 Å². The van der Waals surface area contributed by atoms with Crippen LogP contribution in [0.4, 0.5) is 0 Å². The lowest BCUT2D eigenvalue weighted by atomic mass is 10.1. The van der Waals surface area contributed by atoms with Crippen molar-refractivity contribution in [3.05, 3.63) is 83.2 Å². The minimum absolute atomic E-state index is 0.0111. The monoisotopic (exact) mass is 390 g/mol. The lowest BCUT2D eigenvalue weighted by molar-refractivity contribution is 0.0754. The van der Waals surface area contributed by atoms with E-state index in [0.29, 0.717) is 17.7 Å². The Morgan fingerprint density at radius 2 is 1.66 bits per heavy atom. The van der Waals surface area contributed by atoms with Crippen LogP contribution in [0.3, 0.4) is 0 Å². The predicted molar refractivity (Wildman–Crippen MR) is 113 cm³/mol. The molecule has 0 bridgehead atoms. The van der Waals surface area contributed by atoms with Crippen molar-refractivity contribution in [2.75, 3.05) is 7.05 Å². The van der Waals surface area contributed by atoms with Gasteiger partial charge in [-0.05, 0) is 68.3 Å². The summed E-state index contributed by atoms with van der Waals surface area (Å²) in [7, 11) is 1.79. The van der Waals surface area contributed by atoms with Gasteiger partial charge in [0.1, 0.15) is 0 Å². The minimum Gasteiger partial charge on any atom is -0.348 e. The molecule has 150 valence electrons. The zero-order valence-electron chi connectivity index (χ0n) is 17.2. The van der Waals surface area contributed by atoms with E-state index in [2.05, 4.69) is 10.4 Å². The van der Waals surface area contributed by atoms with E-state index in [1.54, 1.807) is 47.1 Å². The first-order chi connectivity index (χ1) is 13.8. The van der Waals surface area contributed by atoms with Gasteiger partial charge in [0.05, 0.1) is 11.9 Å². The molecule has 2 amide bonds. The Morgan fingerprint density at radius 3 is 2.21 bits per heavy atom. The van der Waals surface area contributed by atoms with Gasteiger partial charge in [-0.1, -0.05) is 12.1 Å². The summed E-state index contributed by atoms with van der Waals surface area (Å²) in [5.74, 6) is -0.157. The molecule has 0 aliphatic rings. The number of carbonyl (C=O) groups is 2. The number of aryl methyl sites for hydroxylation is 1. The zero-order valence-corrected chi connectivity index (χ0v) is 17.2. The highest BCUT2D eigenvalue weighted by molar-refractivity contribution is 5.95. The number of aromatic nitrogens is 2. The van der Waals surface area contributed by atoms with Crippen LogP contribution in [0.25, 0.3) is 5.69 Å².